The Morgan fingerprint density at radius 2 is 1.55 bits per heavy atom. The number of methoxy groups -OCH3 is 1. The SMILES string of the molecule is COC(=O)/C(=C/c1ccc(C)cc1)CNc1ccc(C)cc1. The second-order valence-electron chi connectivity index (χ2n) is 5.29. The van der Waals surface area contributed by atoms with Crippen molar-refractivity contribution in [3.05, 3.63) is 70.8 Å². The Morgan fingerprint density at radius 1 is 1.00 bits per heavy atom. The molecule has 0 saturated heterocycles. The first-order chi connectivity index (χ1) is 10.6. The molecule has 0 aliphatic carbocycles. The number of hydrogen-bond donors (Lipinski definition) is 1. The van der Waals surface area contributed by atoms with Crippen LogP contribution < -0.4 is 5.32 Å². The number of benzene rings is 2. The van der Waals surface area contributed by atoms with Gasteiger partial charge in [0.25, 0.3) is 0 Å². The van der Waals surface area contributed by atoms with Crippen LogP contribution in [0.1, 0.15) is 16.7 Å². The summed E-state index contributed by atoms with van der Waals surface area (Å²) in [5.41, 5.74) is 4.94. The largest absolute Gasteiger partial charge is 0.466 e. The monoisotopic (exact) mass is 295 g/mol. The van der Waals surface area contributed by atoms with Crippen molar-refractivity contribution in [3.63, 3.8) is 0 Å². The lowest BCUT2D eigenvalue weighted by atomic mass is 10.1. The molecule has 114 valence electrons. The molecule has 1 N–H and O–H groups in total. The Kier molecular flexibility index (Phi) is 5.37. The predicted octanol–water partition coefficient (Wildman–Crippen LogP) is 3.97. The van der Waals surface area contributed by atoms with Gasteiger partial charge in [0.15, 0.2) is 0 Å². The number of ether oxygens (including phenoxy) is 1. The van der Waals surface area contributed by atoms with Crippen LogP contribution in [0.5, 0.6) is 0 Å². The number of carbonyl (C=O) groups is 1. The summed E-state index contributed by atoms with van der Waals surface area (Å²) in [6, 6.07) is 16.1. The Morgan fingerprint density at radius 3 is 2.09 bits per heavy atom. The molecule has 0 fully saturated rings. The molecule has 0 saturated carbocycles. The molecule has 0 aliphatic heterocycles. The molecule has 0 spiro atoms. The highest BCUT2D eigenvalue weighted by Gasteiger charge is 2.09. The van der Waals surface area contributed by atoms with E-state index < -0.39 is 0 Å². The normalized spacial score (nSPS) is 11.1. The molecular formula is C19H21NO2. The predicted molar refractivity (Wildman–Crippen MR) is 90.8 cm³/mol. The molecular weight excluding hydrogens is 274 g/mol. The van der Waals surface area contributed by atoms with Crippen molar-refractivity contribution in [3.8, 4) is 0 Å². The van der Waals surface area contributed by atoms with Crippen LogP contribution in [-0.2, 0) is 9.53 Å². The standard InChI is InChI=1S/C19H21NO2/c1-14-4-8-16(9-5-14)12-17(19(21)22-3)13-20-18-10-6-15(2)7-11-18/h4-12,20H,13H2,1-3H3/b17-12+. The maximum Gasteiger partial charge on any atom is 0.335 e. The maximum atomic E-state index is 11.9. The molecule has 3 nitrogen and oxygen atoms in total. The van der Waals surface area contributed by atoms with Crippen LogP contribution in [0.25, 0.3) is 6.08 Å². The fraction of sp³-hybridized carbons (Fsp3) is 0.211. The third-order valence-corrected chi connectivity index (χ3v) is 3.40. The second kappa shape index (κ2) is 7.46. The van der Waals surface area contributed by atoms with Gasteiger partial charge in [0.1, 0.15) is 0 Å². The fourth-order valence-corrected chi connectivity index (χ4v) is 2.05. The number of esters is 1. The smallest absolute Gasteiger partial charge is 0.335 e. The molecule has 2 rings (SSSR count). The van der Waals surface area contributed by atoms with Crippen LogP contribution in [0.15, 0.2) is 54.1 Å². The van der Waals surface area contributed by atoms with Crippen molar-refractivity contribution >= 4 is 17.7 Å². The number of carbonyl (C=O) groups excluding carboxylic acids is 1. The van der Waals surface area contributed by atoms with Gasteiger partial charge in [-0.15, -0.1) is 0 Å². The minimum absolute atomic E-state index is 0.319. The Labute approximate surface area is 131 Å². The van der Waals surface area contributed by atoms with E-state index in [9.17, 15) is 4.79 Å². The second-order valence-corrected chi connectivity index (χ2v) is 5.29. The van der Waals surface area contributed by atoms with E-state index in [2.05, 4.69) is 5.32 Å². The zero-order chi connectivity index (χ0) is 15.9. The first-order valence-electron chi connectivity index (χ1n) is 7.24. The number of rotatable bonds is 5. The number of hydrogen-bond acceptors (Lipinski definition) is 3. The van der Waals surface area contributed by atoms with E-state index in [1.807, 2.05) is 68.5 Å². The van der Waals surface area contributed by atoms with Gasteiger partial charge in [0.2, 0.25) is 0 Å². The highest BCUT2D eigenvalue weighted by molar-refractivity contribution is 5.94. The summed E-state index contributed by atoms with van der Waals surface area (Å²) in [4.78, 5) is 11.9. The molecule has 2 aromatic carbocycles. The van der Waals surface area contributed by atoms with Crippen LogP contribution in [0.3, 0.4) is 0 Å². The minimum Gasteiger partial charge on any atom is -0.466 e. The Hall–Kier alpha value is -2.55. The number of aryl methyl sites for hydroxylation is 2. The molecule has 0 unspecified atom stereocenters. The highest BCUT2D eigenvalue weighted by Crippen LogP contribution is 2.13. The summed E-state index contributed by atoms with van der Waals surface area (Å²) in [6.45, 7) is 4.50. The number of nitrogens with one attached hydrogen (secondary N) is 1. The van der Waals surface area contributed by atoms with E-state index in [1.54, 1.807) is 0 Å². The van der Waals surface area contributed by atoms with Crippen LogP contribution in [-0.4, -0.2) is 19.6 Å². The van der Waals surface area contributed by atoms with Gasteiger partial charge in [0.05, 0.1) is 12.7 Å². The third kappa shape index (κ3) is 4.48. The summed E-state index contributed by atoms with van der Waals surface area (Å²) in [6.07, 6.45) is 1.85. The van der Waals surface area contributed by atoms with Gasteiger partial charge < -0.3 is 10.1 Å². The van der Waals surface area contributed by atoms with Crippen LogP contribution in [0.2, 0.25) is 0 Å². The van der Waals surface area contributed by atoms with Crippen LogP contribution in [0, 0.1) is 13.8 Å². The molecule has 22 heavy (non-hydrogen) atoms. The molecule has 0 radical (unpaired) electrons. The van der Waals surface area contributed by atoms with Gasteiger partial charge in [-0.2, -0.15) is 0 Å². The quantitative estimate of drug-likeness (QED) is 0.670. The van der Waals surface area contributed by atoms with Crippen molar-refractivity contribution in [2.24, 2.45) is 0 Å². The molecule has 0 amide bonds. The van der Waals surface area contributed by atoms with Gasteiger partial charge in [0, 0.05) is 12.2 Å². The molecule has 0 heterocycles. The summed E-state index contributed by atoms with van der Waals surface area (Å²) >= 11 is 0. The van der Waals surface area contributed by atoms with E-state index in [1.165, 1.54) is 18.2 Å². The van der Waals surface area contributed by atoms with E-state index >= 15 is 0 Å². The van der Waals surface area contributed by atoms with E-state index in [4.69, 9.17) is 4.74 Å². The van der Waals surface area contributed by atoms with E-state index in [0.29, 0.717) is 12.1 Å². The average molecular weight is 295 g/mol. The fourth-order valence-electron chi connectivity index (χ4n) is 2.05. The van der Waals surface area contributed by atoms with Gasteiger partial charge in [-0.1, -0.05) is 47.5 Å². The molecule has 2 aromatic rings. The van der Waals surface area contributed by atoms with Gasteiger partial charge >= 0.3 is 5.97 Å². The lowest BCUT2D eigenvalue weighted by Gasteiger charge is -2.09. The first-order valence-corrected chi connectivity index (χ1v) is 7.24. The molecule has 0 bridgehead atoms. The lowest BCUT2D eigenvalue weighted by molar-refractivity contribution is -0.135. The molecule has 0 atom stereocenters. The van der Waals surface area contributed by atoms with Crippen LogP contribution in [0.4, 0.5) is 5.69 Å². The molecule has 0 aromatic heterocycles. The third-order valence-electron chi connectivity index (χ3n) is 3.40. The average Bonchev–Trinajstić information content (AvgIpc) is 2.54. The Bertz CT molecular complexity index is 655. The van der Waals surface area contributed by atoms with E-state index in [-0.39, 0.29) is 5.97 Å². The van der Waals surface area contributed by atoms with Crippen molar-refractivity contribution in [2.75, 3.05) is 19.0 Å². The number of anilines is 1. The molecule has 3 heteroatoms. The maximum absolute atomic E-state index is 11.9. The van der Waals surface area contributed by atoms with Gasteiger partial charge in [-0.05, 0) is 37.6 Å². The topological polar surface area (TPSA) is 38.3 Å². The summed E-state index contributed by atoms with van der Waals surface area (Å²) in [7, 11) is 1.40. The van der Waals surface area contributed by atoms with Crippen molar-refractivity contribution in [2.45, 2.75) is 13.8 Å². The zero-order valence-electron chi connectivity index (χ0n) is 13.2. The van der Waals surface area contributed by atoms with Gasteiger partial charge in [-0.3, -0.25) is 0 Å². The van der Waals surface area contributed by atoms with Crippen LogP contribution >= 0.6 is 0 Å². The van der Waals surface area contributed by atoms with E-state index in [0.717, 1.165) is 11.3 Å². The summed E-state index contributed by atoms with van der Waals surface area (Å²) in [5, 5.41) is 3.25. The van der Waals surface area contributed by atoms with Crippen molar-refractivity contribution < 1.29 is 9.53 Å². The van der Waals surface area contributed by atoms with Gasteiger partial charge in [-0.25, -0.2) is 4.79 Å². The highest BCUT2D eigenvalue weighted by atomic mass is 16.5. The van der Waals surface area contributed by atoms with Crippen molar-refractivity contribution in [1.82, 2.24) is 0 Å². The van der Waals surface area contributed by atoms with Crippen molar-refractivity contribution in [1.29, 1.82) is 0 Å². The minimum atomic E-state index is -0.319. The lowest BCUT2D eigenvalue weighted by Crippen LogP contribution is -2.14. The molecule has 0 aliphatic rings. The summed E-state index contributed by atoms with van der Waals surface area (Å²) < 4.78 is 4.87. The first kappa shape index (κ1) is 15.8. The summed E-state index contributed by atoms with van der Waals surface area (Å²) in [5.74, 6) is -0.319. The zero-order valence-corrected chi connectivity index (χ0v) is 13.2. The Balaban J connectivity index is 2.14.